The molecule has 26 heavy (non-hydrogen) atoms. The molecule has 0 saturated carbocycles. The highest BCUT2D eigenvalue weighted by Crippen LogP contribution is 2.35. The van der Waals surface area contributed by atoms with Crippen LogP contribution in [-0.4, -0.2) is 25.7 Å². The molecule has 2 heterocycles. The Bertz CT molecular complexity index is 736. The molecule has 0 aliphatic carbocycles. The van der Waals surface area contributed by atoms with Crippen molar-refractivity contribution < 1.29 is 15.0 Å². The Morgan fingerprint density at radius 2 is 1.92 bits per heavy atom. The van der Waals surface area contributed by atoms with E-state index in [4.69, 9.17) is 0 Å². The number of hydrogen-bond donors (Lipinski definition) is 2. The molecule has 144 valence electrons. The number of aliphatic hydroxyl groups excluding tert-OH is 1. The number of carboxylic acid groups (broad SMARTS) is 1. The zero-order valence-corrected chi connectivity index (χ0v) is 16.3. The first-order chi connectivity index (χ1) is 12.6. The predicted molar refractivity (Wildman–Crippen MR) is 105 cm³/mol. The molecule has 5 nitrogen and oxygen atoms in total. The van der Waals surface area contributed by atoms with Crippen LogP contribution in [0.1, 0.15) is 93.3 Å². The first kappa shape index (κ1) is 20.4. The summed E-state index contributed by atoms with van der Waals surface area (Å²) < 4.78 is 1.83. The number of unbranched alkanes of at least 4 members (excludes halogenated alkanes) is 4. The zero-order chi connectivity index (χ0) is 19.1. The number of aliphatic hydroxyl groups is 1. The number of pyridine rings is 1. The van der Waals surface area contributed by atoms with Gasteiger partial charge in [-0.05, 0) is 37.3 Å². The van der Waals surface area contributed by atoms with Crippen LogP contribution >= 0.6 is 0 Å². The van der Waals surface area contributed by atoms with Crippen molar-refractivity contribution in [3.05, 3.63) is 29.1 Å². The summed E-state index contributed by atoms with van der Waals surface area (Å²) in [6.07, 6.45) is 9.96. The van der Waals surface area contributed by atoms with Gasteiger partial charge in [-0.3, -0.25) is 0 Å². The van der Waals surface area contributed by atoms with Gasteiger partial charge in [-0.25, -0.2) is 9.78 Å². The fraction of sp³-hybridized carbons (Fsp3) is 0.619. The summed E-state index contributed by atoms with van der Waals surface area (Å²) in [4.78, 5) is 16.4. The van der Waals surface area contributed by atoms with Crippen molar-refractivity contribution >= 4 is 17.0 Å². The standard InChI is InChI=1S/C21H32N2O3/c1-4-7-8-9-10-11-15(5-2)16-12-13-22-20-18(16)19(21(25)26)17(14-24)23(20)6-3/h12-13,15,24H,4-11,14H2,1-3H3,(H,25,26). The van der Waals surface area contributed by atoms with Gasteiger partial charge in [-0.15, -0.1) is 0 Å². The van der Waals surface area contributed by atoms with Crippen LogP contribution < -0.4 is 0 Å². The van der Waals surface area contributed by atoms with Gasteiger partial charge in [0.2, 0.25) is 0 Å². The minimum absolute atomic E-state index is 0.219. The maximum Gasteiger partial charge on any atom is 0.338 e. The SMILES string of the molecule is CCCCCCCC(CC)c1ccnc2c1c(C(=O)O)c(CO)n2CC. The Morgan fingerprint density at radius 1 is 1.19 bits per heavy atom. The lowest BCUT2D eigenvalue weighted by Gasteiger charge is -2.17. The number of nitrogens with zero attached hydrogens (tertiary/aromatic N) is 2. The fourth-order valence-corrected chi connectivity index (χ4v) is 3.98. The highest BCUT2D eigenvalue weighted by atomic mass is 16.4. The Balaban J connectivity index is 2.46. The lowest BCUT2D eigenvalue weighted by Crippen LogP contribution is -2.06. The third-order valence-electron chi connectivity index (χ3n) is 5.35. The second-order valence-electron chi connectivity index (χ2n) is 6.94. The average molecular weight is 360 g/mol. The Hall–Kier alpha value is -1.88. The number of fused-ring (bicyclic) bond motifs is 1. The third-order valence-corrected chi connectivity index (χ3v) is 5.35. The van der Waals surface area contributed by atoms with Crippen molar-refractivity contribution in [2.75, 3.05) is 0 Å². The summed E-state index contributed by atoms with van der Waals surface area (Å²) in [5, 5.41) is 20.3. The molecule has 0 spiro atoms. The van der Waals surface area contributed by atoms with E-state index in [1.54, 1.807) is 6.20 Å². The Kier molecular flexibility index (Phi) is 7.64. The molecular weight excluding hydrogens is 328 g/mol. The maximum absolute atomic E-state index is 12.0. The van der Waals surface area contributed by atoms with Crippen LogP contribution in [0.5, 0.6) is 0 Å². The van der Waals surface area contributed by atoms with Crippen LogP contribution in [0, 0.1) is 0 Å². The predicted octanol–water partition coefficient (Wildman–Crippen LogP) is 5.10. The molecule has 0 radical (unpaired) electrons. The summed E-state index contributed by atoms with van der Waals surface area (Å²) in [7, 11) is 0. The molecule has 5 heteroatoms. The van der Waals surface area contributed by atoms with E-state index in [1.807, 2.05) is 17.6 Å². The molecule has 2 aromatic rings. The van der Waals surface area contributed by atoms with E-state index >= 15 is 0 Å². The Labute approximate surface area is 156 Å². The van der Waals surface area contributed by atoms with E-state index in [0.29, 0.717) is 29.2 Å². The topological polar surface area (TPSA) is 75.3 Å². The molecule has 1 atom stereocenters. The minimum atomic E-state index is -0.988. The van der Waals surface area contributed by atoms with Gasteiger partial charge in [-0.1, -0.05) is 46.0 Å². The number of carboxylic acids is 1. The van der Waals surface area contributed by atoms with E-state index in [9.17, 15) is 15.0 Å². The van der Waals surface area contributed by atoms with Crippen molar-refractivity contribution in [2.45, 2.75) is 84.8 Å². The number of aromatic nitrogens is 2. The van der Waals surface area contributed by atoms with Crippen molar-refractivity contribution in [1.82, 2.24) is 9.55 Å². The van der Waals surface area contributed by atoms with Crippen LogP contribution in [0.15, 0.2) is 12.3 Å². The summed E-state index contributed by atoms with van der Waals surface area (Å²) in [6.45, 7) is 6.62. The molecule has 0 fully saturated rings. The molecular formula is C21H32N2O3. The molecule has 0 aliphatic heterocycles. The van der Waals surface area contributed by atoms with Gasteiger partial charge in [0.05, 0.1) is 17.9 Å². The molecule has 0 amide bonds. The molecule has 0 aliphatic rings. The van der Waals surface area contributed by atoms with Crippen molar-refractivity contribution in [2.24, 2.45) is 0 Å². The first-order valence-electron chi connectivity index (χ1n) is 9.94. The number of rotatable bonds is 11. The normalized spacial score (nSPS) is 12.6. The lowest BCUT2D eigenvalue weighted by atomic mass is 9.88. The largest absolute Gasteiger partial charge is 0.478 e. The highest BCUT2D eigenvalue weighted by molar-refractivity contribution is 6.05. The van der Waals surface area contributed by atoms with E-state index in [2.05, 4.69) is 18.8 Å². The molecule has 0 bridgehead atoms. The van der Waals surface area contributed by atoms with Crippen molar-refractivity contribution in [3.63, 3.8) is 0 Å². The summed E-state index contributed by atoms with van der Waals surface area (Å²) in [6, 6.07) is 1.97. The van der Waals surface area contributed by atoms with Crippen molar-refractivity contribution in [1.29, 1.82) is 0 Å². The zero-order valence-electron chi connectivity index (χ0n) is 16.3. The lowest BCUT2D eigenvalue weighted by molar-refractivity contribution is 0.0694. The van der Waals surface area contributed by atoms with Crippen LogP contribution in [0.3, 0.4) is 0 Å². The van der Waals surface area contributed by atoms with Gasteiger partial charge >= 0.3 is 5.97 Å². The molecule has 0 aromatic carbocycles. The number of aryl methyl sites for hydroxylation is 1. The smallest absolute Gasteiger partial charge is 0.338 e. The second kappa shape index (κ2) is 9.72. The molecule has 2 aromatic heterocycles. The summed E-state index contributed by atoms with van der Waals surface area (Å²) in [5.74, 6) is -0.669. The maximum atomic E-state index is 12.0. The molecule has 0 saturated heterocycles. The number of aromatic carboxylic acids is 1. The van der Waals surface area contributed by atoms with Crippen LogP contribution in [-0.2, 0) is 13.2 Å². The molecule has 2 rings (SSSR count). The summed E-state index contributed by atoms with van der Waals surface area (Å²) in [5.41, 5.74) is 2.41. The highest BCUT2D eigenvalue weighted by Gasteiger charge is 2.26. The number of carbonyl (C=O) groups is 1. The van der Waals surface area contributed by atoms with E-state index < -0.39 is 5.97 Å². The van der Waals surface area contributed by atoms with E-state index in [-0.39, 0.29) is 12.2 Å². The first-order valence-corrected chi connectivity index (χ1v) is 9.94. The van der Waals surface area contributed by atoms with Gasteiger partial charge < -0.3 is 14.8 Å². The van der Waals surface area contributed by atoms with Crippen LogP contribution in [0.2, 0.25) is 0 Å². The minimum Gasteiger partial charge on any atom is -0.478 e. The molecule has 1 unspecified atom stereocenters. The van der Waals surface area contributed by atoms with Crippen molar-refractivity contribution in [3.8, 4) is 0 Å². The summed E-state index contributed by atoms with van der Waals surface area (Å²) >= 11 is 0. The van der Waals surface area contributed by atoms with Gasteiger partial charge in [0.1, 0.15) is 5.65 Å². The van der Waals surface area contributed by atoms with E-state index in [0.717, 1.165) is 24.8 Å². The van der Waals surface area contributed by atoms with Crippen LogP contribution in [0.4, 0.5) is 0 Å². The number of hydrogen-bond acceptors (Lipinski definition) is 3. The van der Waals surface area contributed by atoms with Gasteiger partial charge in [0.25, 0.3) is 0 Å². The van der Waals surface area contributed by atoms with Gasteiger partial charge in [-0.2, -0.15) is 0 Å². The van der Waals surface area contributed by atoms with Crippen LogP contribution in [0.25, 0.3) is 11.0 Å². The monoisotopic (exact) mass is 360 g/mol. The van der Waals surface area contributed by atoms with Gasteiger partial charge in [0.15, 0.2) is 0 Å². The Morgan fingerprint density at radius 3 is 2.50 bits per heavy atom. The second-order valence-corrected chi connectivity index (χ2v) is 6.94. The quantitative estimate of drug-likeness (QED) is 0.547. The van der Waals surface area contributed by atoms with Gasteiger partial charge in [0, 0.05) is 18.1 Å². The fourth-order valence-electron chi connectivity index (χ4n) is 3.98. The molecule has 2 N–H and O–H groups in total. The van der Waals surface area contributed by atoms with E-state index in [1.165, 1.54) is 25.7 Å². The third kappa shape index (κ3) is 4.09. The average Bonchev–Trinajstić information content (AvgIpc) is 2.98.